The summed E-state index contributed by atoms with van der Waals surface area (Å²) in [5, 5.41) is 2.33. The van der Waals surface area contributed by atoms with Crippen LogP contribution in [0.5, 0.6) is 11.5 Å². The average Bonchev–Trinajstić information content (AvgIpc) is 3.83. The average molecular weight is 1020 g/mol. The van der Waals surface area contributed by atoms with Crippen molar-refractivity contribution < 1.29 is 25.8 Å². The number of para-hydroxylation sites is 1. The Kier molecular flexibility index (Phi) is 12.0. The summed E-state index contributed by atoms with van der Waals surface area (Å²) in [7, 11) is 0. The molecule has 8 rings (SSSR count). The molecule has 6 heteroatoms. The Hall–Kier alpha value is -5.12. The summed E-state index contributed by atoms with van der Waals surface area (Å²) in [5.41, 5.74) is 10.8. The van der Waals surface area contributed by atoms with Crippen molar-refractivity contribution in [2.45, 2.75) is 124 Å². The van der Waals surface area contributed by atoms with Gasteiger partial charge in [-0.1, -0.05) is 162 Å². The van der Waals surface area contributed by atoms with Gasteiger partial charge in [0.1, 0.15) is 5.82 Å². The molecule has 0 amide bonds. The van der Waals surface area contributed by atoms with Gasteiger partial charge in [-0.25, -0.2) is 4.98 Å². The van der Waals surface area contributed by atoms with Crippen molar-refractivity contribution in [2.75, 3.05) is 9.80 Å². The molecule has 63 heavy (non-hydrogen) atoms. The Morgan fingerprint density at radius 2 is 1.14 bits per heavy atom. The molecule has 0 spiro atoms. The van der Waals surface area contributed by atoms with E-state index in [2.05, 4.69) is 246 Å². The van der Waals surface area contributed by atoms with Crippen LogP contribution in [-0.4, -0.2) is 9.55 Å². The Morgan fingerprint density at radius 1 is 0.540 bits per heavy atom. The summed E-state index contributed by atoms with van der Waals surface area (Å²) >= 11 is 0. The molecule has 0 saturated carbocycles. The van der Waals surface area contributed by atoms with Crippen molar-refractivity contribution in [3.05, 3.63) is 174 Å². The van der Waals surface area contributed by atoms with E-state index < -0.39 is 0 Å². The molecule has 330 valence electrons. The van der Waals surface area contributed by atoms with E-state index >= 15 is 0 Å². The number of fused-ring (bicyclic) bond motifs is 3. The largest absolute Gasteiger partial charge is 0.509 e. The number of aromatic nitrogens is 2. The van der Waals surface area contributed by atoms with E-state index in [0.717, 1.165) is 39.2 Å². The Bertz CT molecular complexity index is 2790. The zero-order valence-corrected chi connectivity index (χ0v) is 41.9. The monoisotopic (exact) mass is 1010 g/mol. The molecule has 1 aliphatic rings. The van der Waals surface area contributed by atoms with E-state index in [1.54, 1.807) is 0 Å². The van der Waals surface area contributed by atoms with Crippen molar-refractivity contribution in [3.63, 3.8) is 0 Å². The van der Waals surface area contributed by atoms with Gasteiger partial charge in [0.05, 0.1) is 0 Å². The Balaban J connectivity index is 0.00000595. The van der Waals surface area contributed by atoms with Crippen LogP contribution in [0.4, 0.5) is 11.4 Å². The van der Waals surface area contributed by atoms with Gasteiger partial charge in [0.15, 0.2) is 0 Å². The van der Waals surface area contributed by atoms with Gasteiger partial charge >= 0.3 is 0 Å². The third-order valence-electron chi connectivity index (χ3n) is 12.4. The molecule has 5 nitrogen and oxygen atoms in total. The maximum atomic E-state index is 7.05. The summed E-state index contributed by atoms with van der Waals surface area (Å²) in [6.45, 7) is 33.9. The first-order chi connectivity index (χ1) is 29.0. The second kappa shape index (κ2) is 16.5. The number of ether oxygens (including phenoxy) is 1. The van der Waals surface area contributed by atoms with Crippen molar-refractivity contribution in [1.29, 1.82) is 0 Å². The number of hydrogen-bond acceptors (Lipinski definition) is 4. The molecule has 0 radical (unpaired) electrons. The number of nitrogens with zero attached hydrogens (tertiary/aromatic N) is 4. The van der Waals surface area contributed by atoms with Gasteiger partial charge in [0.25, 0.3) is 0 Å². The number of hydrogen-bond donors (Lipinski definition) is 0. The third kappa shape index (κ3) is 9.14. The van der Waals surface area contributed by atoms with Crippen molar-refractivity contribution in [1.82, 2.24) is 9.55 Å². The molecular weight excluding hydrogens is 952 g/mol. The van der Waals surface area contributed by atoms with E-state index in [0.29, 0.717) is 11.5 Å². The molecule has 2 aromatic heterocycles. The van der Waals surface area contributed by atoms with Crippen LogP contribution in [0.1, 0.15) is 130 Å². The summed E-state index contributed by atoms with van der Waals surface area (Å²) in [5.74, 6) is 2.12. The number of rotatable bonds is 7. The Morgan fingerprint density at radius 3 is 1.78 bits per heavy atom. The van der Waals surface area contributed by atoms with Crippen LogP contribution in [-0.2, 0) is 48.1 Å². The topological polar surface area (TPSA) is 33.5 Å². The van der Waals surface area contributed by atoms with Crippen LogP contribution in [0.2, 0.25) is 0 Å². The fraction of sp³-hybridized carbons (Fsp3) is 0.333. The standard InChI is InChI=1S/C57H63N4O.Pt/c1-53(2,3)39-24-25-58-51(33-39)61-49-23-19-18-22-47(49)52-48(56(10,11)12)35-46(36-50(52)61)62-45-32-42(57(13,14)38-20-16-15-17-21-38)31-44(34-45)60-27-26-59(37-60)43-29-40(54(4,5)6)28-41(30-43)55(7,8)9;/h15-33,35,37H,1-14H3;/q-3;. The van der Waals surface area contributed by atoms with Crippen molar-refractivity contribution in [2.24, 2.45) is 0 Å². The molecule has 1 aliphatic heterocycles. The minimum atomic E-state index is -0.338. The molecule has 0 bridgehead atoms. The van der Waals surface area contributed by atoms with Crippen LogP contribution in [0.3, 0.4) is 0 Å². The molecular formula is C57H63N4OPt-3. The van der Waals surface area contributed by atoms with E-state index in [4.69, 9.17) is 9.72 Å². The second-order valence-electron chi connectivity index (χ2n) is 21.7. The van der Waals surface area contributed by atoms with Gasteiger partial charge in [-0.15, -0.1) is 53.8 Å². The predicted molar refractivity (Wildman–Crippen MR) is 261 cm³/mol. The minimum absolute atomic E-state index is 0. The van der Waals surface area contributed by atoms with Gasteiger partial charge < -0.3 is 19.1 Å². The molecule has 5 aromatic carbocycles. The predicted octanol–water partition coefficient (Wildman–Crippen LogP) is 15.0. The van der Waals surface area contributed by atoms with E-state index in [1.165, 1.54) is 33.2 Å². The zero-order chi connectivity index (χ0) is 44.6. The van der Waals surface area contributed by atoms with Crippen molar-refractivity contribution in [3.8, 4) is 17.3 Å². The first-order valence-corrected chi connectivity index (χ1v) is 22.0. The van der Waals surface area contributed by atoms with E-state index in [-0.39, 0.29) is 48.1 Å². The molecule has 7 aromatic rings. The summed E-state index contributed by atoms with van der Waals surface area (Å²) < 4.78 is 9.31. The van der Waals surface area contributed by atoms with Gasteiger partial charge in [-0.2, -0.15) is 0 Å². The number of pyridine rings is 1. The molecule has 0 N–H and O–H groups in total. The van der Waals surface area contributed by atoms with Gasteiger partial charge in [-0.3, -0.25) is 0 Å². The van der Waals surface area contributed by atoms with E-state index in [1.807, 2.05) is 6.20 Å². The summed E-state index contributed by atoms with van der Waals surface area (Å²) in [6, 6.07) is 44.7. The second-order valence-corrected chi connectivity index (χ2v) is 21.7. The molecule has 3 heterocycles. The van der Waals surface area contributed by atoms with Crippen LogP contribution in [0.15, 0.2) is 122 Å². The first kappa shape index (κ1) is 45.9. The quantitative estimate of drug-likeness (QED) is 0.149. The van der Waals surface area contributed by atoms with Crippen LogP contribution < -0.4 is 14.5 Å². The van der Waals surface area contributed by atoms with Crippen LogP contribution >= 0.6 is 0 Å². The maximum Gasteiger partial charge on any atom is 0.135 e. The fourth-order valence-electron chi connectivity index (χ4n) is 8.38. The molecule has 0 fully saturated rings. The SMILES string of the molecule is CC(C)(C)c1cc(N2C=CN(c3[c-]c(Oc4[c-]c5c(c(C(C)(C)C)c4)c4ccccc4n5-c4cc(C(C)(C)C)ccn4)cc(C(C)(C)c4ccccc4)c3)[CH-]2)cc(C(C)(C)C)c1.[Pt]. The normalized spacial score (nSPS) is 13.9. The molecule has 0 atom stereocenters. The van der Waals surface area contributed by atoms with E-state index in [9.17, 15) is 0 Å². The van der Waals surface area contributed by atoms with Crippen molar-refractivity contribution >= 4 is 33.2 Å². The molecule has 0 aliphatic carbocycles. The minimum Gasteiger partial charge on any atom is -0.509 e. The number of benzene rings is 5. The van der Waals surface area contributed by atoms with Gasteiger partial charge in [0, 0.05) is 50.0 Å². The summed E-state index contributed by atoms with van der Waals surface area (Å²) in [6.07, 6.45) is 6.17. The van der Waals surface area contributed by atoms with Gasteiger partial charge in [0.2, 0.25) is 0 Å². The molecule has 0 unspecified atom stereocenters. The zero-order valence-electron chi connectivity index (χ0n) is 39.6. The maximum absolute atomic E-state index is 7.05. The molecule has 0 saturated heterocycles. The first-order valence-electron chi connectivity index (χ1n) is 22.0. The van der Waals surface area contributed by atoms with Gasteiger partial charge in [-0.05, 0) is 97.4 Å². The van der Waals surface area contributed by atoms with Crippen LogP contribution in [0.25, 0.3) is 27.6 Å². The van der Waals surface area contributed by atoms with Crippen LogP contribution in [0, 0.1) is 18.8 Å². The third-order valence-corrected chi connectivity index (χ3v) is 12.4. The summed E-state index contributed by atoms with van der Waals surface area (Å²) in [4.78, 5) is 9.33. The Labute approximate surface area is 391 Å². The smallest absolute Gasteiger partial charge is 0.135 e. The fourth-order valence-corrected chi connectivity index (χ4v) is 8.38. The number of anilines is 2.